The molecule has 2 atom stereocenters. The van der Waals surface area contributed by atoms with Crippen LogP contribution in [-0.2, 0) is 45.7 Å². The zero-order valence-corrected chi connectivity index (χ0v) is 22.2. The second kappa shape index (κ2) is 11.2. The van der Waals surface area contributed by atoms with E-state index in [2.05, 4.69) is 15.5 Å². The lowest BCUT2D eigenvalue weighted by molar-refractivity contribution is -0.384. The Hall–Kier alpha value is -4.69. The summed E-state index contributed by atoms with van der Waals surface area (Å²) in [7, 11) is -5.15. The first kappa shape index (κ1) is 29.9. The molecule has 1 fully saturated rings. The number of nitro benzene ring substituents is 1. The number of thiazole rings is 1. The van der Waals surface area contributed by atoms with Crippen LogP contribution < -0.4 is 16.8 Å². The van der Waals surface area contributed by atoms with E-state index < -0.39 is 62.3 Å². The molecular formula is C20H21N7O11S2. The fourth-order valence-electron chi connectivity index (χ4n) is 3.18. The number of amides is 3. The van der Waals surface area contributed by atoms with E-state index in [1.165, 1.54) is 43.5 Å². The molecule has 3 rings (SSSR count). The van der Waals surface area contributed by atoms with Crippen molar-refractivity contribution in [2.75, 3.05) is 5.73 Å². The summed E-state index contributed by atoms with van der Waals surface area (Å²) < 4.78 is 36.9. The van der Waals surface area contributed by atoms with Gasteiger partial charge in [-0.1, -0.05) is 5.16 Å². The van der Waals surface area contributed by atoms with Gasteiger partial charge in [0.05, 0.1) is 4.92 Å². The van der Waals surface area contributed by atoms with Gasteiger partial charge in [-0.05, 0) is 31.5 Å². The maximum atomic E-state index is 13.0. The number of ether oxygens (including phenoxy) is 1. The molecule has 214 valence electrons. The fourth-order valence-corrected chi connectivity index (χ4v) is 4.59. The second-order valence-electron chi connectivity index (χ2n) is 8.52. The van der Waals surface area contributed by atoms with E-state index in [4.69, 9.17) is 25.6 Å². The highest BCUT2D eigenvalue weighted by atomic mass is 32.2. The van der Waals surface area contributed by atoms with E-state index in [-0.39, 0.29) is 27.4 Å². The molecule has 1 aliphatic rings. The van der Waals surface area contributed by atoms with Crippen LogP contribution in [0.4, 0.5) is 10.8 Å². The minimum Gasteiger partial charge on any atom is -0.458 e. The molecule has 2 aromatic rings. The van der Waals surface area contributed by atoms with Gasteiger partial charge in [0.2, 0.25) is 11.5 Å². The van der Waals surface area contributed by atoms with Crippen LogP contribution in [0.3, 0.4) is 0 Å². The SMILES string of the molecule is CC(C)(ON=C(C(=O)N[C@@H]1C(=O)N(S(=O)(=O)O)[C@@H]1C(N)=O)c1csc(N)n1)C(=O)OCc1ccc([N+](=O)[O-])cc1. The largest absolute Gasteiger partial charge is 0.458 e. The lowest BCUT2D eigenvalue weighted by Crippen LogP contribution is -2.75. The molecule has 0 aliphatic carbocycles. The van der Waals surface area contributed by atoms with Gasteiger partial charge in [-0.25, -0.2) is 9.78 Å². The first-order valence-electron chi connectivity index (χ1n) is 10.8. The van der Waals surface area contributed by atoms with Crippen molar-refractivity contribution >= 4 is 61.9 Å². The molecule has 0 unspecified atom stereocenters. The van der Waals surface area contributed by atoms with E-state index in [0.717, 1.165) is 11.3 Å². The van der Waals surface area contributed by atoms with Gasteiger partial charge in [-0.2, -0.15) is 12.7 Å². The van der Waals surface area contributed by atoms with Gasteiger partial charge in [0.25, 0.3) is 17.5 Å². The highest BCUT2D eigenvalue weighted by molar-refractivity contribution is 7.84. The van der Waals surface area contributed by atoms with E-state index >= 15 is 0 Å². The molecule has 20 heteroatoms. The van der Waals surface area contributed by atoms with Crippen LogP contribution in [0, 0.1) is 10.1 Å². The Morgan fingerprint density at radius 3 is 2.42 bits per heavy atom. The monoisotopic (exact) mass is 599 g/mol. The number of nitrogens with two attached hydrogens (primary N) is 2. The summed E-state index contributed by atoms with van der Waals surface area (Å²) >= 11 is 0.902. The fraction of sp³-hybridized carbons (Fsp3) is 0.300. The summed E-state index contributed by atoms with van der Waals surface area (Å²) in [5, 5.41) is 17.8. The van der Waals surface area contributed by atoms with E-state index in [1.807, 2.05) is 0 Å². The predicted octanol–water partition coefficient (Wildman–Crippen LogP) is -1.14. The number of nitrogens with one attached hydrogen (secondary N) is 1. The average Bonchev–Trinajstić information content (AvgIpc) is 3.28. The van der Waals surface area contributed by atoms with E-state index in [0.29, 0.717) is 5.56 Å². The van der Waals surface area contributed by atoms with Gasteiger partial charge >= 0.3 is 16.3 Å². The molecule has 1 saturated heterocycles. The van der Waals surface area contributed by atoms with Gasteiger partial charge in [0.1, 0.15) is 18.3 Å². The molecule has 1 aromatic heterocycles. The van der Waals surface area contributed by atoms with Crippen LogP contribution in [0.5, 0.6) is 0 Å². The summed E-state index contributed by atoms with van der Waals surface area (Å²) in [6.45, 7) is 2.23. The minimum absolute atomic E-state index is 0.00421. The molecule has 0 saturated carbocycles. The summed E-state index contributed by atoms with van der Waals surface area (Å²) in [6.07, 6.45) is 0. The third-order valence-electron chi connectivity index (χ3n) is 5.23. The number of aromatic nitrogens is 1. The number of hydrogen-bond donors (Lipinski definition) is 4. The third kappa shape index (κ3) is 6.47. The third-order valence-corrected chi connectivity index (χ3v) is 6.81. The van der Waals surface area contributed by atoms with Gasteiger partial charge in [-0.3, -0.25) is 29.1 Å². The molecule has 3 amide bonds. The molecule has 6 N–H and O–H groups in total. The van der Waals surface area contributed by atoms with Crippen molar-refractivity contribution in [3.8, 4) is 0 Å². The Labute approximate surface area is 228 Å². The van der Waals surface area contributed by atoms with Crippen LogP contribution in [0.25, 0.3) is 0 Å². The zero-order valence-electron chi connectivity index (χ0n) is 20.5. The normalized spacial score (nSPS) is 17.5. The maximum Gasteiger partial charge on any atom is 0.363 e. The maximum absolute atomic E-state index is 13.0. The number of nitrogen functional groups attached to an aromatic ring is 1. The van der Waals surface area contributed by atoms with Crippen molar-refractivity contribution in [2.24, 2.45) is 10.9 Å². The number of nitro groups is 1. The summed E-state index contributed by atoms with van der Waals surface area (Å²) in [5.41, 5.74) is 8.42. The summed E-state index contributed by atoms with van der Waals surface area (Å²) in [6, 6.07) is 1.51. The van der Waals surface area contributed by atoms with Gasteiger partial charge in [0, 0.05) is 17.5 Å². The van der Waals surface area contributed by atoms with Crippen LogP contribution in [0.2, 0.25) is 0 Å². The first-order valence-corrected chi connectivity index (χ1v) is 13.1. The number of rotatable bonds is 11. The quantitative estimate of drug-likeness (QED) is 0.0594. The van der Waals surface area contributed by atoms with Crippen molar-refractivity contribution in [2.45, 2.75) is 38.1 Å². The van der Waals surface area contributed by atoms with Crippen molar-refractivity contribution < 1.29 is 46.6 Å². The first-order chi connectivity index (χ1) is 18.5. The van der Waals surface area contributed by atoms with Crippen molar-refractivity contribution in [3.05, 3.63) is 51.0 Å². The predicted molar refractivity (Wildman–Crippen MR) is 134 cm³/mol. The Kier molecular flexibility index (Phi) is 8.36. The molecule has 2 heterocycles. The van der Waals surface area contributed by atoms with Crippen LogP contribution in [-0.4, -0.2) is 74.3 Å². The Morgan fingerprint density at radius 2 is 1.93 bits per heavy atom. The summed E-state index contributed by atoms with van der Waals surface area (Å²) in [4.78, 5) is 68.9. The average molecular weight is 600 g/mol. The van der Waals surface area contributed by atoms with Gasteiger partial charge in [0.15, 0.2) is 16.9 Å². The molecule has 0 bridgehead atoms. The van der Waals surface area contributed by atoms with Gasteiger partial charge < -0.3 is 26.4 Å². The molecule has 0 spiro atoms. The molecule has 1 aliphatic heterocycles. The number of carbonyl (C=O) groups excluding carboxylic acids is 4. The minimum atomic E-state index is -5.15. The smallest absolute Gasteiger partial charge is 0.363 e. The molecular weight excluding hydrogens is 578 g/mol. The highest BCUT2D eigenvalue weighted by Crippen LogP contribution is 2.24. The summed E-state index contributed by atoms with van der Waals surface area (Å²) in [5.74, 6) is -4.83. The van der Waals surface area contributed by atoms with E-state index in [1.54, 1.807) is 0 Å². The highest BCUT2D eigenvalue weighted by Gasteiger charge is 2.57. The van der Waals surface area contributed by atoms with Crippen molar-refractivity contribution in [3.63, 3.8) is 0 Å². The number of hydrogen-bond acceptors (Lipinski definition) is 14. The number of non-ortho nitro benzene ring substituents is 1. The number of anilines is 1. The number of nitrogens with zero attached hydrogens (tertiary/aromatic N) is 4. The number of carbonyl (C=O) groups is 4. The van der Waals surface area contributed by atoms with Crippen LogP contribution in [0.15, 0.2) is 34.8 Å². The van der Waals surface area contributed by atoms with Crippen LogP contribution >= 0.6 is 11.3 Å². The van der Waals surface area contributed by atoms with Crippen molar-refractivity contribution in [1.82, 2.24) is 14.6 Å². The Bertz CT molecular complexity index is 1500. The van der Waals surface area contributed by atoms with E-state index in [9.17, 15) is 37.7 Å². The van der Waals surface area contributed by atoms with Gasteiger partial charge in [-0.15, -0.1) is 11.3 Å². The molecule has 40 heavy (non-hydrogen) atoms. The Balaban J connectivity index is 1.77. The number of benzene rings is 1. The second-order valence-corrected chi connectivity index (χ2v) is 10.7. The lowest BCUT2D eigenvalue weighted by Gasteiger charge is -2.41. The van der Waals surface area contributed by atoms with Crippen LogP contribution in [0.1, 0.15) is 25.1 Å². The molecule has 1 aromatic carbocycles. The number of oxime groups is 1. The van der Waals surface area contributed by atoms with Crippen molar-refractivity contribution in [1.29, 1.82) is 0 Å². The zero-order chi connectivity index (χ0) is 30.0. The Morgan fingerprint density at radius 1 is 1.30 bits per heavy atom. The lowest BCUT2D eigenvalue weighted by atomic mass is 9.98. The number of primary amides is 1. The molecule has 0 radical (unpaired) electrons. The topological polar surface area (TPSA) is 277 Å². The number of esters is 1. The molecule has 18 nitrogen and oxygen atoms in total. The number of β-lactam (4-membered cyclic amide) rings is 1. The standard InChI is InChI=1S/C20H21N7O11S2/c1-20(2,18(31)37-7-9-3-5-10(6-4-9)27(32)33)38-25-12(11-8-39-19(22)23-11)16(29)24-13-14(15(21)28)26(17(13)30)40(34,35)36/h3-6,8,13-14H,7H2,1-2H3,(H2,21,28)(H2,22,23)(H,24,29)(H,34,35,36)/t13-,14-/m0/s1.